The van der Waals surface area contributed by atoms with E-state index in [1.807, 2.05) is 36.8 Å². The minimum Gasteiger partial charge on any atom is -0.384 e. The fraction of sp³-hybridized carbons (Fsp3) is 0.200. The van der Waals surface area contributed by atoms with Gasteiger partial charge in [-0.1, -0.05) is 29.8 Å². The number of aromatic nitrogens is 3. The Bertz CT molecular complexity index is 694. The van der Waals surface area contributed by atoms with E-state index in [1.54, 1.807) is 6.20 Å². The Hall–Kier alpha value is -2.07. The molecule has 0 aliphatic carbocycles. The van der Waals surface area contributed by atoms with E-state index in [0.29, 0.717) is 5.15 Å². The normalized spacial score (nSPS) is 10.8. The third-order valence-electron chi connectivity index (χ3n) is 3.15. The van der Waals surface area contributed by atoms with Crippen LogP contribution in [0, 0.1) is 0 Å². The summed E-state index contributed by atoms with van der Waals surface area (Å²) in [7, 11) is 0. The van der Waals surface area contributed by atoms with Crippen molar-refractivity contribution in [2.75, 3.05) is 11.9 Å². The fourth-order valence-corrected chi connectivity index (χ4v) is 2.39. The molecule has 5 heteroatoms. The third kappa shape index (κ3) is 2.91. The number of para-hydroxylation sites is 1. The van der Waals surface area contributed by atoms with Crippen molar-refractivity contribution < 1.29 is 0 Å². The summed E-state index contributed by atoms with van der Waals surface area (Å²) in [6.45, 7) is 1.83. The van der Waals surface area contributed by atoms with Crippen LogP contribution in [0.15, 0.2) is 49.1 Å². The molecule has 0 saturated heterocycles. The first kappa shape index (κ1) is 12.9. The molecule has 0 fully saturated rings. The van der Waals surface area contributed by atoms with Gasteiger partial charge >= 0.3 is 0 Å². The minimum absolute atomic E-state index is 0.515. The second-order valence-electron chi connectivity index (χ2n) is 4.59. The van der Waals surface area contributed by atoms with Crippen LogP contribution in [-0.4, -0.2) is 21.1 Å². The Labute approximate surface area is 122 Å². The summed E-state index contributed by atoms with van der Waals surface area (Å²) >= 11 is 6.05. The lowest BCUT2D eigenvalue weighted by Crippen LogP contribution is -2.06. The first-order valence-electron chi connectivity index (χ1n) is 6.58. The van der Waals surface area contributed by atoms with Gasteiger partial charge in [0.05, 0.1) is 11.8 Å². The second kappa shape index (κ2) is 5.92. The number of imidazole rings is 1. The molecule has 20 heavy (non-hydrogen) atoms. The maximum absolute atomic E-state index is 6.05. The van der Waals surface area contributed by atoms with Gasteiger partial charge < -0.3 is 9.88 Å². The lowest BCUT2D eigenvalue weighted by molar-refractivity contribution is 0.661. The lowest BCUT2D eigenvalue weighted by Gasteiger charge is -2.10. The highest BCUT2D eigenvalue weighted by Crippen LogP contribution is 2.25. The highest BCUT2D eigenvalue weighted by molar-refractivity contribution is 6.30. The lowest BCUT2D eigenvalue weighted by atomic mass is 10.2. The maximum atomic E-state index is 6.05. The molecule has 1 N–H and O–H groups in total. The maximum Gasteiger partial charge on any atom is 0.131 e. The van der Waals surface area contributed by atoms with Crippen molar-refractivity contribution in [3.63, 3.8) is 0 Å². The monoisotopic (exact) mass is 286 g/mol. The topological polar surface area (TPSA) is 42.7 Å². The number of hydrogen-bond acceptors (Lipinski definition) is 3. The first-order chi connectivity index (χ1) is 9.83. The van der Waals surface area contributed by atoms with Crippen molar-refractivity contribution in [2.24, 2.45) is 0 Å². The summed E-state index contributed by atoms with van der Waals surface area (Å²) in [6, 6.07) is 9.87. The van der Waals surface area contributed by atoms with Gasteiger partial charge in [-0.15, -0.1) is 0 Å². The van der Waals surface area contributed by atoms with Crippen LogP contribution in [0.5, 0.6) is 0 Å². The van der Waals surface area contributed by atoms with Crippen molar-refractivity contribution in [2.45, 2.75) is 13.0 Å². The van der Waals surface area contributed by atoms with Crippen LogP contribution in [-0.2, 0) is 6.54 Å². The van der Waals surface area contributed by atoms with Gasteiger partial charge in [0.25, 0.3) is 0 Å². The minimum atomic E-state index is 0.515. The molecule has 0 aliphatic heterocycles. The number of anilines is 1. The molecule has 0 atom stereocenters. The highest BCUT2D eigenvalue weighted by Gasteiger charge is 2.03. The molecule has 0 saturated carbocycles. The van der Waals surface area contributed by atoms with Crippen molar-refractivity contribution in [1.82, 2.24) is 14.5 Å². The molecule has 2 heterocycles. The number of fused-ring (bicyclic) bond motifs is 1. The van der Waals surface area contributed by atoms with Gasteiger partial charge in [-0.3, -0.25) is 0 Å². The summed E-state index contributed by atoms with van der Waals surface area (Å²) in [5.74, 6) is 0. The summed E-state index contributed by atoms with van der Waals surface area (Å²) < 4.78 is 2.07. The summed E-state index contributed by atoms with van der Waals surface area (Å²) in [6.07, 6.45) is 6.62. The van der Waals surface area contributed by atoms with Crippen molar-refractivity contribution in [3.05, 3.63) is 54.2 Å². The first-order valence-corrected chi connectivity index (χ1v) is 6.95. The van der Waals surface area contributed by atoms with E-state index in [2.05, 4.69) is 25.9 Å². The molecule has 3 aromatic rings. The van der Waals surface area contributed by atoms with Crippen LogP contribution in [0.25, 0.3) is 10.9 Å². The second-order valence-corrected chi connectivity index (χ2v) is 4.98. The van der Waals surface area contributed by atoms with Crippen molar-refractivity contribution >= 4 is 28.2 Å². The van der Waals surface area contributed by atoms with Crippen LogP contribution < -0.4 is 5.32 Å². The average molecular weight is 287 g/mol. The summed E-state index contributed by atoms with van der Waals surface area (Å²) in [5.41, 5.74) is 1.95. The molecule has 0 radical (unpaired) electrons. The van der Waals surface area contributed by atoms with Gasteiger partial charge in [0, 0.05) is 36.6 Å². The molecule has 3 rings (SSSR count). The van der Waals surface area contributed by atoms with E-state index in [-0.39, 0.29) is 0 Å². The molecule has 102 valence electrons. The van der Waals surface area contributed by atoms with E-state index in [1.165, 1.54) is 0 Å². The fourth-order valence-electron chi connectivity index (χ4n) is 2.19. The smallest absolute Gasteiger partial charge is 0.131 e. The molecule has 0 spiro atoms. The predicted molar refractivity (Wildman–Crippen MR) is 82.1 cm³/mol. The number of benzene rings is 1. The van der Waals surface area contributed by atoms with Crippen LogP contribution in [0.1, 0.15) is 6.42 Å². The quantitative estimate of drug-likeness (QED) is 0.576. The number of aryl methyl sites for hydroxylation is 1. The summed E-state index contributed by atoms with van der Waals surface area (Å²) in [4.78, 5) is 8.35. The molecule has 0 aliphatic rings. The van der Waals surface area contributed by atoms with Gasteiger partial charge in [-0.05, 0) is 18.6 Å². The molecule has 0 amide bonds. The number of hydrogen-bond donors (Lipinski definition) is 1. The largest absolute Gasteiger partial charge is 0.384 e. The summed E-state index contributed by atoms with van der Waals surface area (Å²) in [5, 5.41) is 5.04. The molecule has 0 unspecified atom stereocenters. The molecule has 4 nitrogen and oxygen atoms in total. The number of rotatable bonds is 5. The zero-order valence-corrected chi connectivity index (χ0v) is 11.7. The third-order valence-corrected chi connectivity index (χ3v) is 3.35. The molecule has 0 bridgehead atoms. The number of nitrogens with zero attached hydrogens (tertiary/aromatic N) is 3. The van der Waals surface area contributed by atoms with Crippen LogP contribution >= 0.6 is 11.6 Å². The van der Waals surface area contributed by atoms with Crippen LogP contribution in [0.3, 0.4) is 0 Å². The van der Waals surface area contributed by atoms with Crippen molar-refractivity contribution in [3.8, 4) is 0 Å². The molecular formula is C15H15ClN4. The Balaban J connectivity index is 1.68. The van der Waals surface area contributed by atoms with E-state index in [4.69, 9.17) is 11.6 Å². The van der Waals surface area contributed by atoms with E-state index in [0.717, 1.165) is 36.1 Å². The SMILES string of the molecule is Clc1cc(NCCCn2ccnc2)c2ccccc2n1. The van der Waals surface area contributed by atoms with Gasteiger partial charge in [-0.25, -0.2) is 9.97 Å². The zero-order valence-electron chi connectivity index (χ0n) is 11.0. The Morgan fingerprint density at radius 1 is 1.25 bits per heavy atom. The number of halogens is 1. The van der Waals surface area contributed by atoms with Crippen LogP contribution in [0.2, 0.25) is 5.15 Å². The van der Waals surface area contributed by atoms with Gasteiger partial charge in [-0.2, -0.15) is 0 Å². The predicted octanol–water partition coefficient (Wildman–Crippen LogP) is 3.59. The van der Waals surface area contributed by atoms with E-state index in [9.17, 15) is 0 Å². The van der Waals surface area contributed by atoms with Gasteiger partial charge in [0.1, 0.15) is 5.15 Å². The van der Waals surface area contributed by atoms with E-state index >= 15 is 0 Å². The number of nitrogens with one attached hydrogen (secondary N) is 1. The van der Waals surface area contributed by atoms with E-state index < -0.39 is 0 Å². The highest BCUT2D eigenvalue weighted by atomic mass is 35.5. The molecular weight excluding hydrogens is 272 g/mol. The Kier molecular flexibility index (Phi) is 3.83. The zero-order chi connectivity index (χ0) is 13.8. The van der Waals surface area contributed by atoms with Crippen LogP contribution in [0.4, 0.5) is 5.69 Å². The average Bonchev–Trinajstić information content (AvgIpc) is 2.96. The van der Waals surface area contributed by atoms with Gasteiger partial charge in [0.15, 0.2) is 0 Å². The molecule has 1 aromatic carbocycles. The molecule has 2 aromatic heterocycles. The Morgan fingerprint density at radius 3 is 3.00 bits per heavy atom. The number of pyridine rings is 1. The standard InChI is InChI=1S/C15H15ClN4/c16-15-10-14(12-4-1-2-5-13(12)19-15)18-6-3-8-20-9-7-17-11-20/h1-2,4-5,7,9-11H,3,6,8H2,(H,18,19). The van der Waals surface area contributed by atoms with Crippen molar-refractivity contribution in [1.29, 1.82) is 0 Å². The Morgan fingerprint density at radius 2 is 2.15 bits per heavy atom. The van der Waals surface area contributed by atoms with Gasteiger partial charge in [0.2, 0.25) is 0 Å².